The van der Waals surface area contributed by atoms with Crippen molar-refractivity contribution in [3.05, 3.63) is 30.1 Å². The van der Waals surface area contributed by atoms with Gasteiger partial charge in [0.05, 0.1) is 29.8 Å². The third kappa shape index (κ3) is 4.92. The van der Waals surface area contributed by atoms with Crippen LogP contribution in [0.2, 0.25) is 0 Å². The van der Waals surface area contributed by atoms with Crippen LogP contribution in [0.25, 0.3) is 17.0 Å². The molecule has 0 radical (unpaired) electrons. The molecule has 2 aromatic heterocycles. The van der Waals surface area contributed by atoms with Gasteiger partial charge in [0, 0.05) is 39.8 Å². The van der Waals surface area contributed by atoms with E-state index in [9.17, 15) is 13.6 Å². The molecule has 2 fully saturated rings. The van der Waals surface area contributed by atoms with Gasteiger partial charge in [0.2, 0.25) is 23.8 Å². The molecule has 2 unspecified atom stereocenters. The molecule has 0 bridgehead atoms. The number of fused-ring (bicyclic) bond motifs is 1. The van der Waals surface area contributed by atoms with E-state index in [1.165, 1.54) is 11.7 Å². The van der Waals surface area contributed by atoms with Gasteiger partial charge in [0.1, 0.15) is 6.61 Å². The van der Waals surface area contributed by atoms with E-state index in [-0.39, 0.29) is 30.6 Å². The number of halogens is 2. The monoisotopic (exact) mass is 516 g/mol. The number of imidazole rings is 1. The lowest BCUT2D eigenvalue weighted by molar-refractivity contribution is -0.135. The first kappa shape index (κ1) is 25.2. The highest BCUT2D eigenvalue weighted by atomic mass is 19.3. The summed E-state index contributed by atoms with van der Waals surface area (Å²) in [4.78, 5) is 36.2. The number of morpholine rings is 1. The van der Waals surface area contributed by atoms with Crippen LogP contribution >= 0.6 is 0 Å². The van der Waals surface area contributed by atoms with Crippen molar-refractivity contribution in [3.8, 4) is 5.95 Å². The van der Waals surface area contributed by atoms with Crippen LogP contribution in [-0.2, 0) is 14.3 Å². The Balaban J connectivity index is 1.57. The minimum Gasteiger partial charge on any atom is -0.375 e. The Bertz CT molecular complexity index is 1260. The number of hydrogen-bond acceptors (Lipinski definition) is 9. The van der Waals surface area contributed by atoms with Gasteiger partial charge in [-0.3, -0.25) is 9.36 Å². The predicted molar refractivity (Wildman–Crippen MR) is 132 cm³/mol. The third-order valence-electron chi connectivity index (χ3n) is 6.91. The topological polar surface area (TPSA) is 102 Å². The number of hydrogen-bond donors (Lipinski definition) is 0. The van der Waals surface area contributed by atoms with Crippen molar-refractivity contribution in [3.63, 3.8) is 0 Å². The Morgan fingerprint density at radius 1 is 1.03 bits per heavy atom. The fourth-order valence-electron chi connectivity index (χ4n) is 4.70. The number of piperazine rings is 1. The van der Waals surface area contributed by atoms with E-state index in [0.29, 0.717) is 62.3 Å². The van der Waals surface area contributed by atoms with Crippen molar-refractivity contribution in [1.82, 2.24) is 29.4 Å². The van der Waals surface area contributed by atoms with Crippen molar-refractivity contribution in [2.75, 3.05) is 62.8 Å². The molecule has 0 aliphatic carbocycles. The van der Waals surface area contributed by atoms with E-state index in [1.54, 1.807) is 29.2 Å². The summed E-state index contributed by atoms with van der Waals surface area (Å²) < 4.78 is 40.3. The highest BCUT2D eigenvalue weighted by Crippen LogP contribution is 2.29. The van der Waals surface area contributed by atoms with Crippen LogP contribution in [0.15, 0.2) is 24.3 Å². The second kappa shape index (κ2) is 10.5. The van der Waals surface area contributed by atoms with Gasteiger partial charge in [-0.1, -0.05) is 12.1 Å². The van der Waals surface area contributed by atoms with Crippen LogP contribution in [0.5, 0.6) is 0 Å². The first-order valence-corrected chi connectivity index (χ1v) is 12.3. The zero-order valence-corrected chi connectivity index (χ0v) is 21.0. The molecule has 11 nitrogen and oxygen atoms in total. The molecule has 0 N–H and O–H groups in total. The van der Waals surface area contributed by atoms with Gasteiger partial charge in [-0.25, -0.2) is 13.8 Å². The number of carbonyl (C=O) groups is 1. The van der Waals surface area contributed by atoms with Gasteiger partial charge in [0.25, 0.3) is 6.43 Å². The molecule has 2 atom stereocenters. The first-order valence-electron chi connectivity index (χ1n) is 12.3. The fraction of sp³-hybridized carbons (Fsp3) is 0.542. The van der Waals surface area contributed by atoms with Crippen molar-refractivity contribution >= 4 is 28.8 Å². The van der Waals surface area contributed by atoms with Gasteiger partial charge in [0.15, 0.2) is 5.82 Å². The number of nitrogens with zero attached hydrogens (tertiary/aromatic N) is 8. The Hall–Kier alpha value is -3.45. The van der Waals surface area contributed by atoms with Crippen LogP contribution in [0, 0.1) is 0 Å². The number of rotatable bonds is 6. The summed E-state index contributed by atoms with van der Waals surface area (Å²) in [6.45, 7) is 6.99. The van der Waals surface area contributed by atoms with Gasteiger partial charge < -0.3 is 24.2 Å². The van der Waals surface area contributed by atoms with Crippen LogP contribution in [0.4, 0.5) is 20.7 Å². The van der Waals surface area contributed by atoms with E-state index >= 15 is 0 Å². The molecule has 13 heteroatoms. The second-order valence-electron chi connectivity index (χ2n) is 9.14. The molecular weight excluding hydrogens is 486 g/mol. The number of aromatic nitrogens is 5. The lowest BCUT2D eigenvalue weighted by Gasteiger charge is -2.38. The summed E-state index contributed by atoms with van der Waals surface area (Å²) >= 11 is 0. The van der Waals surface area contributed by atoms with Crippen molar-refractivity contribution < 1.29 is 23.0 Å². The molecule has 1 aromatic carbocycles. The molecule has 2 aliphatic heterocycles. The maximum Gasteiger partial charge on any atom is 0.296 e. The lowest BCUT2D eigenvalue weighted by atomic mass is 10.1. The van der Waals surface area contributed by atoms with E-state index in [4.69, 9.17) is 14.5 Å². The van der Waals surface area contributed by atoms with Gasteiger partial charge in [-0.2, -0.15) is 15.0 Å². The van der Waals surface area contributed by atoms with Crippen LogP contribution in [0.3, 0.4) is 0 Å². The number of methoxy groups -OCH3 is 1. The quantitative estimate of drug-likeness (QED) is 0.487. The summed E-state index contributed by atoms with van der Waals surface area (Å²) in [7, 11) is 1.49. The average molecular weight is 517 g/mol. The Labute approximate surface area is 213 Å². The number of ether oxygens (including phenoxy) is 2. The van der Waals surface area contributed by atoms with E-state index in [2.05, 4.69) is 15.0 Å². The lowest BCUT2D eigenvalue weighted by Crippen LogP contribution is -2.51. The highest BCUT2D eigenvalue weighted by molar-refractivity contribution is 5.78. The SMILES string of the molecule is COCC(=O)N1CCN(c2nc(N3CCOC(C)C3C)nc(-n3c(C(F)F)nc4ccccc43)n2)CC1. The summed E-state index contributed by atoms with van der Waals surface area (Å²) in [5, 5.41) is 0. The van der Waals surface area contributed by atoms with Crippen LogP contribution < -0.4 is 9.80 Å². The Morgan fingerprint density at radius 3 is 2.46 bits per heavy atom. The minimum atomic E-state index is -2.83. The smallest absolute Gasteiger partial charge is 0.296 e. The summed E-state index contributed by atoms with van der Waals surface area (Å²) in [5.41, 5.74) is 0.916. The zero-order valence-electron chi connectivity index (χ0n) is 21.0. The average Bonchev–Trinajstić information content (AvgIpc) is 3.30. The zero-order chi connectivity index (χ0) is 26.1. The fourth-order valence-corrected chi connectivity index (χ4v) is 4.70. The molecule has 198 valence electrons. The molecule has 1 amide bonds. The molecule has 2 aliphatic rings. The molecular formula is C24H30F2N8O3. The van der Waals surface area contributed by atoms with E-state index < -0.39 is 12.2 Å². The number of amides is 1. The number of alkyl halides is 2. The molecule has 0 spiro atoms. The number of carbonyl (C=O) groups excluding carboxylic acids is 1. The maximum absolute atomic E-state index is 14.1. The van der Waals surface area contributed by atoms with Gasteiger partial charge >= 0.3 is 0 Å². The molecule has 2 saturated heterocycles. The van der Waals surface area contributed by atoms with Gasteiger partial charge in [-0.15, -0.1) is 0 Å². The number of benzene rings is 1. The molecule has 5 rings (SSSR count). The first-order chi connectivity index (χ1) is 17.9. The maximum atomic E-state index is 14.1. The largest absolute Gasteiger partial charge is 0.375 e. The number of anilines is 2. The van der Waals surface area contributed by atoms with Gasteiger partial charge in [-0.05, 0) is 26.0 Å². The second-order valence-corrected chi connectivity index (χ2v) is 9.14. The van der Waals surface area contributed by atoms with Crippen molar-refractivity contribution in [2.24, 2.45) is 0 Å². The molecule has 37 heavy (non-hydrogen) atoms. The standard InChI is InChI=1S/C24H30F2N8O3/c1-15-16(2)37-13-12-33(15)23-28-22(32-10-8-31(9-11-32)19(35)14-36-3)29-24(30-23)34-18-7-5-4-6-17(18)27-21(34)20(25)26/h4-7,15-16,20H,8-14H2,1-3H3. The predicted octanol–water partition coefficient (Wildman–Crippen LogP) is 2.06. The summed E-state index contributed by atoms with van der Waals surface area (Å²) in [6, 6.07) is 6.88. The van der Waals surface area contributed by atoms with E-state index in [1.807, 2.05) is 23.6 Å². The highest BCUT2D eigenvalue weighted by Gasteiger charge is 2.31. The Kier molecular flexibility index (Phi) is 7.15. The van der Waals surface area contributed by atoms with Crippen LogP contribution in [0.1, 0.15) is 26.1 Å². The van der Waals surface area contributed by atoms with E-state index in [0.717, 1.165) is 0 Å². The van der Waals surface area contributed by atoms with Crippen molar-refractivity contribution in [1.29, 1.82) is 0 Å². The summed E-state index contributed by atoms with van der Waals surface area (Å²) in [6.07, 6.45) is -2.88. The summed E-state index contributed by atoms with van der Waals surface area (Å²) in [5.74, 6) is 0.319. The molecule has 0 saturated carbocycles. The normalized spacial score (nSPS) is 20.8. The third-order valence-corrected chi connectivity index (χ3v) is 6.91. The van der Waals surface area contributed by atoms with Crippen LogP contribution in [-0.4, -0.2) is 101 Å². The number of para-hydroxylation sites is 2. The minimum absolute atomic E-state index is 0.0251. The molecule has 4 heterocycles. The molecule has 3 aromatic rings. The Morgan fingerprint density at radius 2 is 1.73 bits per heavy atom. The van der Waals surface area contributed by atoms with Crippen molar-refractivity contribution in [2.45, 2.75) is 32.4 Å².